The van der Waals surface area contributed by atoms with Crippen LogP contribution in [0.15, 0.2) is 0 Å². The summed E-state index contributed by atoms with van der Waals surface area (Å²) in [6.45, 7) is 1.99. The first-order chi connectivity index (χ1) is 5.11. The molecule has 3 heteroatoms. The maximum atomic E-state index is 11.4. The van der Waals surface area contributed by atoms with Gasteiger partial charge in [0, 0.05) is 20.6 Å². The van der Waals surface area contributed by atoms with Gasteiger partial charge in [-0.15, -0.1) is 0 Å². The lowest BCUT2D eigenvalue weighted by atomic mass is 10.1. The van der Waals surface area contributed by atoms with Gasteiger partial charge in [0.25, 0.3) is 0 Å². The van der Waals surface area contributed by atoms with Crippen LogP contribution in [0.25, 0.3) is 0 Å². The predicted molar refractivity (Wildman–Crippen MR) is 44.3 cm³/mol. The number of hydrogen-bond acceptors (Lipinski definition) is 2. The maximum absolute atomic E-state index is 11.4. The van der Waals surface area contributed by atoms with Crippen LogP contribution < -0.4 is 0 Å². The molecule has 1 fully saturated rings. The number of carbonyl (C=O) groups is 1. The van der Waals surface area contributed by atoms with Crippen LogP contribution in [0, 0.1) is 5.92 Å². The van der Waals surface area contributed by atoms with Crippen LogP contribution in [0.2, 0.25) is 0 Å². The van der Waals surface area contributed by atoms with E-state index in [0.29, 0.717) is 0 Å². The van der Waals surface area contributed by atoms with Gasteiger partial charge in [-0.1, -0.05) is 0 Å². The molecule has 1 unspecified atom stereocenters. The monoisotopic (exact) mass is 156 g/mol. The summed E-state index contributed by atoms with van der Waals surface area (Å²) in [4.78, 5) is 15.3. The fraction of sp³-hybridized carbons (Fsp3) is 0.875. The zero-order valence-corrected chi connectivity index (χ0v) is 7.50. The molecule has 0 bridgehead atoms. The quantitative estimate of drug-likeness (QED) is 0.534. The van der Waals surface area contributed by atoms with Crippen molar-refractivity contribution in [2.75, 3.05) is 34.2 Å². The van der Waals surface area contributed by atoms with Crippen molar-refractivity contribution in [1.29, 1.82) is 0 Å². The van der Waals surface area contributed by atoms with Gasteiger partial charge in [0.15, 0.2) is 0 Å². The van der Waals surface area contributed by atoms with Gasteiger partial charge < -0.3 is 9.80 Å². The Morgan fingerprint density at radius 2 is 2.18 bits per heavy atom. The molecule has 0 radical (unpaired) electrons. The van der Waals surface area contributed by atoms with E-state index in [4.69, 9.17) is 0 Å². The summed E-state index contributed by atoms with van der Waals surface area (Å²) in [6, 6.07) is 0. The Morgan fingerprint density at radius 3 is 2.55 bits per heavy atom. The van der Waals surface area contributed by atoms with Gasteiger partial charge in [-0.2, -0.15) is 0 Å². The summed E-state index contributed by atoms with van der Waals surface area (Å²) in [5.74, 6) is 0.518. The minimum absolute atomic E-state index is 0.245. The van der Waals surface area contributed by atoms with Gasteiger partial charge in [-0.05, 0) is 20.0 Å². The molecule has 64 valence electrons. The highest BCUT2D eigenvalue weighted by Gasteiger charge is 2.26. The molecule has 0 N–H and O–H groups in total. The van der Waals surface area contributed by atoms with Crippen LogP contribution in [0.1, 0.15) is 6.42 Å². The van der Waals surface area contributed by atoms with Crippen LogP contribution >= 0.6 is 0 Å². The van der Waals surface area contributed by atoms with Crippen LogP contribution in [0.4, 0.5) is 0 Å². The van der Waals surface area contributed by atoms with Crippen molar-refractivity contribution in [3.8, 4) is 0 Å². The standard InChI is InChI=1S/C8H16N2O/c1-9(2)8(11)7-4-5-10(3)6-7/h7H,4-6H2,1-3H3. The van der Waals surface area contributed by atoms with E-state index in [0.717, 1.165) is 19.5 Å². The Morgan fingerprint density at radius 1 is 1.55 bits per heavy atom. The third-order valence-corrected chi connectivity index (χ3v) is 2.18. The van der Waals surface area contributed by atoms with Crippen molar-refractivity contribution in [1.82, 2.24) is 9.80 Å². The lowest BCUT2D eigenvalue weighted by Crippen LogP contribution is -2.31. The zero-order valence-electron chi connectivity index (χ0n) is 7.50. The average molecular weight is 156 g/mol. The van der Waals surface area contributed by atoms with Crippen LogP contribution in [0.3, 0.4) is 0 Å². The topological polar surface area (TPSA) is 23.6 Å². The number of amides is 1. The smallest absolute Gasteiger partial charge is 0.226 e. The fourth-order valence-corrected chi connectivity index (χ4v) is 1.50. The molecule has 0 spiro atoms. The zero-order chi connectivity index (χ0) is 8.43. The summed E-state index contributed by atoms with van der Waals surface area (Å²) < 4.78 is 0. The van der Waals surface area contributed by atoms with E-state index in [1.54, 1.807) is 4.90 Å². The highest BCUT2D eigenvalue weighted by molar-refractivity contribution is 5.78. The molecule has 1 aliphatic heterocycles. The number of carbonyl (C=O) groups excluding carboxylic acids is 1. The molecule has 11 heavy (non-hydrogen) atoms. The number of likely N-dealkylation sites (tertiary alicyclic amines) is 1. The molecule has 0 aromatic rings. The Bertz CT molecular complexity index is 156. The molecular weight excluding hydrogens is 140 g/mol. The highest BCUT2D eigenvalue weighted by atomic mass is 16.2. The maximum Gasteiger partial charge on any atom is 0.226 e. The van der Waals surface area contributed by atoms with Crippen LogP contribution in [0.5, 0.6) is 0 Å². The van der Waals surface area contributed by atoms with Gasteiger partial charge in [-0.3, -0.25) is 4.79 Å². The molecule has 0 aromatic heterocycles. The molecule has 1 saturated heterocycles. The molecule has 1 amide bonds. The Kier molecular flexibility index (Phi) is 2.49. The lowest BCUT2D eigenvalue weighted by molar-refractivity contribution is -0.132. The first kappa shape index (κ1) is 8.53. The molecule has 3 nitrogen and oxygen atoms in total. The molecule has 1 atom stereocenters. The summed E-state index contributed by atoms with van der Waals surface area (Å²) >= 11 is 0. The van der Waals surface area contributed by atoms with Gasteiger partial charge in [0.2, 0.25) is 5.91 Å². The first-order valence-corrected chi connectivity index (χ1v) is 4.01. The lowest BCUT2D eigenvalue weighted by Gasteiger charge is -2.15. The predicted octanol–water partition coefficient (Wildman–Crippen LogP) is 0.0263. The van der Waals surface area contributed by atoms with E-state index < -0.39 is 0 Å². The third kappa shape index (κ3) is 1.93. The van der Waals surface area contributed by atoms with Gasteiger partial charge in [-0.25, -0.2) is 0 Å². The highest BCUT2D eigenvalue weighted by Crippen LogP contribution is 2.15. The van der Waals surface area contributed by atoms with E-state index >= 15 is 0 Å². The van der Waals surface area contributed by atoms with Gasteiger partial charge in [0.05, 0.1) is 5.92 Å². The van der Waals surface area contributed by atoms with E-state index in [1.165, 1.54) is 0 Å². The second-order valence-corrected chi connectivity index (χ2v) is 3.48. The van der Waals surface area contributed by atoms with E-state index in [-0.39, 0.29) is 11.8 Å². The molecule has 1 rings (SSSR count). The van der Waals surface area contributed by atoms with Crippen molar-refractivity contribution in [3.63, 3.8) is 0 Å². The summed E-state index contributed by atoms with van der Waals surface area (Å²) in [5.41, 5.74) is 0. The van der Waals surface area contributed by atoms with E-state index in [2.05, 4.69) is 11.9 Å². The minimum atomic E-state index is 0.245. The summed E-state index contributed by atoms with van der Waals surface area (Å²) in [5, 5.41) is 0. The molecule has 1 aliphatic rings. The number of rotatable bonds is 1. The van der Waals surface area contributed by atoms with Crippen LogP contribution in [-0.4, -0.2) is 49.9 Å². The van der Waals surface area contributed by atoms with Gasteiger partial charge in [0.1, 0.15) is 0 Å². The molecular formula is C8H16N2O. The second-order valence-electron chi connectivity index (χ2n) is 3.48. The Hall–Kier alpha value is -0.570. The number of hydrogen-bond donors (Lipinski definition) is 0. The van der Waals surface area contributed by atoms with Crippen molar-refractivity contribution in [3.05, 3.63) is 0 Å². The fourth-order valence-electron chi connectivity index (χ4n) is 1.50. The van der Waals surface area contributed by atoms with Gasteiger partial charge >= 0.3 is 0 Å². The first-order valence-electron chi connectivity index (χ1n) is 4.01. The minimum Gasteiger partial charge on any atom is -0.349 e. The Balaban J connectivity index is 2.43. The molecule has 0 aromatic carbocycles. The largest absolute Gasteiger partial charge is 0.349 e. The molecule has 1 heterocycles. The molecule has 0 aliphatic carbocycles. The van der Waals surface area contributed by atoms with E-state index in [9.17, 15) is 4.79 Å². The summed E-state index contributed by atoms with van der Waals surface area (Å²) in [6.07, 6.45) is 1.02. The summed E-state index contributed by atoms with van der Waals surface area (Å²) in [7, 11) is 5.70. The van der Waals surface area contributed by atoms with Crippen molar-refractivity contribution in [2.45, 2.75) is 6.42 Å². The van der Waals surface area contributed by atoms with Crippen LogP contribution in [-0.2, 0) is 4.79 Å². The Labute approximate surface area is 68.0 Å². The van der Waals surface area contributed by atoms with E-state index in [1.807, 2.05) is 14.1 Å². The van der Waals surface area contributed by atoms with Crippen molar-refractivity contribution < 1.29 is 4.79 Å². The third-order valence-electron chi connectivity index (χ3n) is 2.18. The van der Waals surface area contributed by atoms with Crippen molar-refractivity contribution >= 4 is 5.91 Å². The second kappa shape index (κ2) is 3.22. The van der Waals surface area contributed by atoms with Crippen molar-refractivity contribution in [2.24, 2.45) is 5.92 Å². The number of nitrogens with zero attached hydrogens (tertiary/aromatic N) is 2. The normalized spacial score (nSPS) is 25.5. The molecule has 0 saturated carbocycles. The SMILES string of the molecule is CN1CCC(C(=O)N(C)C)C1. The average Bonchev–Trinajstić information content (AvgIpc) is 2.34.